The summed E-state index contributed by atoms with van der Waals surface area (Å²) < 4.78 is 7.82. The van der Waals surface area contributed by atoms with Crippen molar-refractivity contribution in [1.29, 1.82) is 0 Å². The molecule has 0 aliphatic rings. The van der Waals surface area contributed by atoms with Crippen LogP contribution < -0.4 is 10.1 Å². The molecule has 3 nitrogen and oxygen atoms in total. The number of unbranched alkanes of at least 4 members (excludes halogenated alkanes) is 2. The molecule has 0 aromatic heterocycles. The van der Waals surface area contributed by atoms with E-state index < -0.39 is 0 Å². The van der Waals surface area contributed by atoms with Crippen LogP contribution in [0.3, 0.4) is 0 Å². The molecule has 0 unspecified atom stereocenters. The molecule has 0 aliphatic heterocycles. The number of hydrogen-bond donors (Lipinski definition) is 1. The van der Waals surface area contributed by atoms with E-state index in [1.807, 2.05) is 0 Å². The van der Waals surface area contributed by atoms with E-state index >= 15 is 0 Å². The highest BCUT2D eigenvalue weighted by molar-refractivity contribution is 9.11. The van der Waals surface area contributed by atoms with Gasteiger partial charge < -0.3 is 15.0 Å². The van der Waals surface area contributed by atoms with Crippen molar-refractivity contribution in [3.63, 3.8) is 0 Å². The van der Waals surface area contributed by atoms with Crippen molar-refractivity contribution in [3.05, 3.63) is 26.6 Å². The summed E-state index contributed by atoms with van der Waals surface area (Å²) in [4.78, 5) is 2.63. The lowest BCUT2D eigenvalue weighted by Gasteiger charge is -2.22. The smallest absolute Gasteiger partial charge is 0.147 e. The summed E-state index contributed by atoms with van der Waals surface area (Å²) in [6, 6.07) is 4.30. The second-order valence-electron chi connectivity index (χ2n) is 6.82. The lowest BCUT2D eigenvalue weighted by Crippen LogP contribution is -2.29. The number of hydrogen-bond acceptors (Lipinski definition) is 3. The molecule has 0 saturated heterocycles. The third kappa shape index (κ3) is 9.72. The lowest BCUT2D eigenvalue weighted by atomic mass is 10.2. The van der Waals surface area contributed by atoms with Crippen molar-refractivity contribution in [1.82, 2.24) is 10.2 Å². The molecule has 0 heterocycles. The van der Waals surface area contributed by atoms with Crippen molar-refractivity contribution in [2.45, 2.75) is 65.8 Å². The molecular formula is C21H36Br2N2O. The molecule has 1 rings (SSSR count). The summed E-state index contributed by atoms with van der Waals surface area (Å²) in [7, 11) is 0. The van der Waals surface area contributed by atoms with Gasteiger partial charge in [-0.2, -0.15) is 0 Å². The number of ether oxygens (including phenoxy) is 1. The molecule has 0 fully saturated rings. The van der Waals surface area contributed by atoms with E-state index in [2.05, 4.69) is 75.0 Å². The maximum atomic E-state index is 5.79. The largest absolute Gasteiger partial charge is 0.491 e. The minimum Gasteiger partial charge on any atom is -0.491 e. The zero-order valence-corrected chi connectivity index (χ0v) is 19.9. The quantitative estimate of drug-likeness (QED) is 0.288. The van der Waals surface area contributed by atoms with Crippen LogP contribution in [0.4, 0.5) is 0 Å². The van der Waals surface area contributed by atoms with E-state index in [0.29, 0.717) is 0 Å². The van der Waals surface area contributed by atoms with Crippen LogP contribution in [-0.4, -0.2) is 37.7 Å². The van der Waals surface area contributed by atoms with Crippen LogP contribution in [0, 0.1) is 0 Å². The van der Waals surface area contributed by atoms with E-state index in [1.54, 1.807) is 0 Å². The minimum absolute atomic E-state index is 0.737. The predicted molar refractivity (Wildman–Crippen MR) is 120 cm³/mol. The summed E-state index contributed by atoms with van der Waals surface area (Å²) in [5, 5.41) is 3.58. The summed E-state index contributed by atoms with van der Waals surface area (Å²) in [6.07, 6.45) is 7.39. The van der Waals surface area contributed by atoms with Gasteiger partial charge in [0, 0.05) is 6.54 Å². The number of halogens is 2. The van der Waals surface area contributed by atoms with Crippen molar-refractivity contribution >= 4 is 31.9 Å². The predicted octanol–water partition coefficient (Wildman–Crippen LogP) is 6.38. The Kier molecular flexibility index (Phi) is 13.7. The molecule has 1 aromatic carbocycles. The first-order valence-electron chi connectivity index (χ1n) is 10.2. The van der Waals surface area contributed by atoms with Gasteiger partial charge in [0.2, 0.25) is 0 Å². The summed E-state index contributed by atoms with van der Waals surface area (Å²) in [6.45, 7) is 13.0. The molecule has 26 heavy (non-hydrogen) atoms. The van der Waals surface area contributed by atoms with Crippen molar-refractivity contribution in [2.75, 3.05) is 32.8 Å². The molecule has 0 saturated carbocycles. The Balaban J connectivity index is 2.35. The fourth-order valence-electron chi connectivity index (χ4n) is 2.82. The van der Waals surface area contributed by atoms with Crippen molar-refractivity contribution in [2.24, 2.45) is 0 Å². The van der Waals surface area contributed by atoms with Crippen LogP contribution in [0.25, 0.3) is 0 Å². The SMILES string of the molecule is CCCCN(CCCC)CCCNCc1cc(Br)c(OCCC)c(Br)c1. The molecule has 0 bridgehead atoms. The standard InChI is InChI=1S/C21H36Br2N2O/c1-4-7-11-25(12-8-5-2)13-9-10-24-17-18-15-19(22)21(20(23)16-18)26-14-6-3/h15-16,24H,4-14,17H2,1-3H3. The third-order valence-electron chi connectivity index (χ3n) is 4.32. The van der Waals surface area contributed by atoms with E-state index in [0.717, 1.165) is 40.8 Å². The third-order valence-corrected chi connectivity index (χ3v) is 5.50. The molecule has 0 atom stereocenters. The van der Waals surface area contributed by atoms with Crippen LogP contribution >= 0.6 is 31.9 Å². The van der Waals surface area contributed by atoms with Gasteiger partial charge in [0.25, 0.3) is 0 Å². The maximum Gasteiger partial charge on any atom is 0.147 e. The molecule has 0 spiro atoms. The molecule has 5 heteroatoms. The highest BCUT2D eigenvalue weighted by Gasteiger charge is 2.09. The van der Waals surface area contributed by atoms with Gasteiger partial charge in [0.15, 0.2) is 0 Å². The monoisotopic (exact) mass is 490 g/mol. The van der Waals surface area contributed by atoms with Gasteiger partial charge in [-0.15, -0.1) is 0 Å². The Hall–Kier alpha value is -0.100. The van der Waals surface area contributed by atoms with Crippen LogP contribution in [0.2, 0.25) is 0 Å². The number of nitrogens with zero attached hydrogens (tertiary/aromatic N) is 1. The van der Waals surface area contributed by atoms with Gasteiger partial charge in [-0.25, -0.2) is 0 Å². The van der Waals surface area contributed by atoms with Crippen LogP contribution in [0.5, 0.6) is 5.75 Å². The Morgan fingerprint density at radius 2 is 1.46 bits per heavy atom. The molecule has 1 aromatic rings. The van der Waals surface area contributed by atoms with E-state index in [4.69, 9.17) is 4.74 Å². The summed E-state index contributed by atoms with van der Waals surface area (Å²) >= 11 is 7.26. The van der Waals surface area contributed by atoms with Gasteiger partial charge in [0.1, 0.15) is 5.75 Å². The Morgan fingerprint density at radius 1 is 0.885 bits per heavy atom. The lowest BCUT2D eigenvalue weighted by molar-refractivity contribution is 0.261. The fraction of sp³-hybridized carbons (Fsp3) is 0.714. The fourth-order valence-corrected chi connectivity index (χ4v) is 4.33. The number of benzene rings is 1. The Bertz CT molecular complexity index is 466. The van der Waals surface area contributed by atoms with Crippen LogP contribution in [0.15, 0.2) is 21.1 Å². The zero-order chi connectivity index (χ0) is 19.2. The number of rotatable bonds is 15. The molecular weight excluding hydrogens is 456 g/mol. The Labute approximate surface area is 177 Å². The highest BCUT2D eigenvalue weighted by atomic mass is 79.9. The normalized spacial score (nSPS) is 11.3. The van der Waals surface area contributed by atoms with Crippen molar-refractivity contribution < 1.29 is 4.74 Å². The first-order valence-corrected chi connectivity index (χ1v) is 11.7. The van der Waals surface area contributed by atoms with Crippen molar-refractivity contribution in [3.8, 4) is 5.75 Å². The molecule has 1 N–H and O–H groups in total. The second-order valence-corrected chi connectivity index (χ2v) is 8.52. The maximum absolute atomic E-state index is 5.79. The molecule has 0 amide bonds. The summed E-state index contributed by atoms with van der Waals surface area (Å²) in [5.74, 6) is 0.901. The average Bonchev–Trinajstić information content (AvgIpc) is 2.62. The summed E-state index contributed by atoms with van der Waals surface area (Å²) in [5.41, 5.74) is 1.27. The zero-order valence-electron chi connectivity index (χ0n) is 16.8. The van der Waals surface area contributed by atoms with E-state index in [1.165, 1.54) is 57.3 Å². The highest BCUT2D eigenvalue weighted by Crippen LogP contribution is 2.34. The van der Waals surface area contributed by atoms with Gasteiger partial charge in [0.05, 0.1) is 15.6 Å². The average molecular weight is 492 g/mol. The van der Waals surface area contributed by atoms with Gasteiger partial charge in [-0.1, -0.05) is 33.6 Å². The van der Waals surface area contributed by atoms with E-state index in [9.17, 15) is 0 Å². The number of nitrogens with one attached hydrogen (secondary N) is 1. The Morgan fingerprint density at radius 3 is 2.00 bits per heavy atom. The molecule has 0 aliphatic carbocycles. The molecule has 0 radical (unpaired) electrons. The van der Waals surface area contributed by atoms with Gasteiger partial charge in [-0.05, 0) is 101 Å². The molecule has 150 valence electrons. The first kappa shape index (κ1) is 23.9. The van der Waals surface area contributed by atoms with Crippen LogP contribution in [0.1, 0.15) is 64.9 Å². The second kappa shape index (κ2) is 14.9. The van der Waals surface area contributed by atoms with Gasteiger partial charge >= 0.3 is 0 Å². The topological polar surface area (TPSA) is 24.5 Å². The van der Waals surface area contributed by atoms with Crippen LogP contribution in [-0.2, 0) is 6.54 Å². The first-order chi connectivity index (χ1) is 12.6. The minimum atomic E-state index is 0.737. The van der Waals surface area contributed by atoms with Gasteiger partial charge in [-0.3, -0.25) is 0 Å². The van der Waals surface area contributed by atoms with E-state index in [-0.39, 0.29) is 0 Å².